The Labute approximate surface area is 176 Å². The van der Waals surface area contributed by atoms with Gasteiger partial charge in [0, 0.05) is 18.3 Å². The Morgan fingerprint density at radius 3 is 2.19 bits per heavy atom. The minimum atomic E-state index is -4.68. The maximum Gasteiger partial charge on any atom is 0.416 e. The van der Waals surface area contributed by atoms with Crippen LogP contribution < -0.4 is 14.8 Å². The lowest BCUT2D eigenvalue weighted by Gasteiger charge is -2.11. The molecule has 0 heterocycles. The normalized spacial score (nSPS) is 11.1. The van der Waals surface area contributed by atoms with Gasteiger partial charge in [0.05, 0.1) is 17.1 Å². The van der Waals surface area contributed by atoms with Crippen molar-refractivity contribution in [3.05, 3.63) is 88.0 Å². The predicted octanol–water partition coefficient (Wildman–Crippen LogP) is 6.42. The highest BCUT2D eigenvalue weighted by molar-refractivity contribution is 5.51. The first kappa shape index (κ1) is 21.9. The summed E-state index contributed by atoms with van der Waals surface area (Å²) in [5.41, 5.74) is -0.0364. The number of rotatable bonds is 8. The van der Waals surface area contributed by atoms with Gasteiger partial charge in [0.1, 0.15) is 11.5 Å². The molecule has 162 valence electrons. The molecule has 31 heavy (non-hydrogen) atoms. The fourth-order valence-electron chi connectivity index (χ4n) is 2.76. The SMILES string of the molecule is CCOc1ccc(NCc2ccc(Oc3ccc(C(F)(F)F)cc3[N+](=O)[O-])cc2)cc1. The van der Waals surface area contributed by atoms with E-state index in [-0.39, 0.29) is 11.5 Å². The van der Waals surface area contributed by atoms with E-state index in [2.05, 4.69) is 5.32 Å². The largest absolute Gasteiger partial charge is 0.494 e. The van der Waals surface area contributed by atoms with Gasteiger partial charge < -0.3 is 14.8 Å². The van der Waals surface area contributed by atoms with Crippen LogP contribution in [0.4, 0.5) is 24.5 Å². The minimum Gasteiger partial charge on any atom is -0.494 e. The first-order chi connectivity index (χ1) is 14.8. The summed E-state index contributed by atoms with van der Waals surface area (Å²) in [6, 6.07) is 16.4. The van der Waals surface area contributed by atoms with Gasteiger partial charge in [-0.1, -0.05) is 12.1 Å². The summed E-state index contributed by atoms with van der Waals surface area (Å²) in [6.07, 6.45) is -4.68. The van der Waals surface area contributed by atoms with E-state index >= 15 is 0 Å². The molecule has 0 atom stereocenters. The quantitative estimate of drug-likeness (QED) is 0.329. The first-order valence-corrected chi connectivity index (χ1v) is 9.35. The molecule has 0 aliphatic carbocycles. The smallest absolute Gasteiger partial charge is 0.416 e. The molecule has 0 radical (unpaired) electrons. The van der Waals surface area contributed by atoms with Gasteiger partial charge >= 0.3 is 11.9 Å². The second-order valence-corrected chi connectivity index (χ2v) is 6.49. The van der Waals surface area contributed by atoms with E-state index in [1.807, 2.05) is 31.2 Å². The summed E-state index contributed by atoms with van der Waals surface area (Å²) >= 11 is 0. The summed E-state index contributed by atoms with van der Waals surface area (Å²) in [6.45, 7) is 3.03. The van der Waals surface area contributed by atoms with Gasteiger partial charge in [-0.25, -0.2) is 0 Å². The van der Waals surface area contributed by atoms with E-state index in [4.69, 9.17) is 9.47 Å². The number of alkyl halides is 3. The van der Waals surface area contributed by atoms with Gasteiger partial charge in [-0.05, 0) is 61.0 Å². The number of benzene rings is 3. The third kappa shape index (κ3) is 5.88. The molecule has 0 bridgehead atoms. The molecule has 0 aliphatic rings. The van der Waals surface area contributed by atoms with E-state index in [1.54, 1.807) is 24.3 Å². The van der Waals surface area contributed by atoms with Crippen LogP contribution in [-0.2, 0) is 12.7 Å². The zero-order valence-electron chi connectivity index (χ0n) is 16.5. The molecule has 3 aromatic carbocycles. The van der Waals surface area contributed by atoms with Crippen LogP contribution in [0.5, 0.6) is 17.2 Å². The Morgan fingerprint density at radius 1 is 0.968 bits per heavy atom. The summed E-state index contributed by atoms with van der Waals surface area (Å²) in [5, 5.41) is 14.4. The van der Waals surface area contributed by atoms with Crippen LogP contribution in [0.1, 0.15) is 18.1 Å². The van der Waals surface area contributed by atoms with E-state index < -0.39 is 22.4 Å². The first-order valence-electron chi connectivity index (χ1n) is 9.35. The van der Waals surface area contributed by atoms with Crippen molar-refractivity contribution in [1.29, 1.82) is 0 Å². The molecule has 0 saturated carbocycles. The zero-order valence-corrected chi connectivity index (χ0v) is 16.5. The molecular weight excluding hydrogens is 413 g/mol. The zero-order chi connectivity index (χ0) is 22.4. The number of hydrogen-bond donors (Lipinski definition) is 1. The van der Waals surface area contributed by atoms with E-state index in [0.29, 0.717) is 19.2 Å². The molecule has 0 amide bonds. The Bertz CT molecular complexity index is 1040. The number of hydrogen-bond acceptors (Lipinski definition) is 5. The average molecular weight is 432 g/mol. The van der Waals surface area contributed by atoms with E-state index in [9.17, 15) is 23.3 Å². The highest BCUT2D eigenvalue weighted by Crippen LogP contribution is 2.37. The lowest BCUT2D eigenvalue weighted by molar-refractivity contribution is -0.385. The molecule has 3 aromatic rings. The monoisotopic (exact) mass is 432 g/mol. The van der Waals surface area contributed by atoms with Crippen LogP contribution in [0.25, 0.3) is 0 Å². The maximum atomic E-state index is 12.8. The molecule has 0 saturated heterocycles. The highest BCUT2D eigenvalue weighted by Gasteiger charge is 2.33. The summed E-state index contributed by atoms with van der Waals surface area (Å²) in [5.74, 6) is 0.790. The molecule has 0 spiro atoms. The number of nitro groups is 1. The number of halogens is 3. The molecule has 0 aliphatic heterocycles. The Morgan fingerprint density at radius 2 is 1.61 bits per heavy atom. The van der Waals surface area contributed by atoms with Gasteiger partial charge in [0.25, 0.3) is 0 Å². The van der Waals surface area contributed by atoms with Gasteiger partial charge in [0.15, 0.2) is 0 Å². The van der Waals surface area contributed by atoms with Crippen LogP contribution in [-0.4, -0.2) is 11.5 Å². The van der Waals surface area contributed by atoms with Crippen molar-refractivity contribution in [2.75, 3.05) is 11.9 Å². The van der Waals surface area contributed by atoms with Crippen LogP contribution in [0.15, 0.2) is 66.7 Å². The maximum absolute atomic E-state index is 12.8. The molecule has 0 aromatic heterocycles. The lowest BCUT2D eigenvalue weighted by atomic mass is 10.1. The lowest BCUT2D eigenvalue weighted by Crippen LogP contribution is -2.06. The molecule has 9 heteroatoms. The summed E-state index contributed by atoms with van der Waals surface area (Å²) in [7, 11) is 0. The van der Waals surface area contributed by atoms with Crippen LogP contribution in [0, 0.1) is 10.1 Å². The standard InChI is InChI=1S/C22H19F3N2O4/c1-2-30-18-10-6-17(7-11-18)26-14-15-3-8-19(9-4-15)31-21-12-5-16(22(23,24)25)13-20(21)27(28)29/h3-13,26H,2,14H2,1H3. The van der Waals surface area contributed by atoms with Crippen molar-refractivity contribution >= 4 is 11.4 Å². The Hall–Kier alpha value is -3.75. The summed E-state index contributed by atoms with van der Waals surface area (Å²) < 4.78 is 49.3. The molecule has 0 fully saturated rings. The van der Waals surface area contributed by atoms with Crippen molar-refractivity contribution in [3.63, 3.8) is 0 Å². The number of nitrogens with one attached hydrogen (secondary N) is 1. The van der Waals surface area contributed by atoms with Crippen LogP contribution in [0.3, 0.4) is 0 Å². The van der Waals surface area contributed by atoms with E-state index in [0.717, 1.165) is 29.1 Å². The van der Waals surface area contributed by atoms with Gasteiger partial charge in [-0.2, -0.15) is 13.2 Å². The number of ether oxygens (including phenoxy) is 2. The number of anilines is 1. The predicted molar refractivity (Wildman–Crippen MR) is 110 cm³/mol. The topological polar surface area (TPSA) is 73.6 Å². The number of nitro benzene ring substituents is 1. The van der Waals surface area contributed by atoms with Gasteiger partial charge in [-0.3, -0.25) is 10.1 Å². The van der Waals surface area contributed by atoms with Gasteiger partial charge in [0.2, 0.25) is 5.75 Å². The third-order valence-corrected chi connectivity index (χ3v) is 4.30. The molecule has 0 unspecified atom stereocenters. The molecule has 6 nitrogen and oxygen atoms in total. The van der Waals surface area contributed by atoms with Crippen molar-refractivity contribution in [2.45, 2.75) is 19.6 Å². The Kier molecular flexibility index (Phi) is 6.64. The van der Waals surface area contributed by atoms with Crippen LogP contribution >= 0.6 is 0 Å². The summed E-state index contributed by atoms with van der Waals surface area (Å²) in [4.78, 5) is 10.3. The fraction of sp³-hybridized carbons (Fsp3) is 0.182. The average Bonchev–Trinajstić information content (AvgIpc) is 2.74. The molecular formula is C22H19F3N2O4. The molecule has 3 rings (SSSR count). The van der Waals surface area contributed by atoms with Crippen molar-refractivity contribution in [1.82, 2.24) is 0 Å². The highest BCUT2D eigenvalue weighted by atomic mass is 19.4. The third-order valence-electron chi connectivity index (χ3n) is 4.30. The van der Waals surface area contributed by atoms with Crippen molar-refractivity contribution < 1.29 is 27.6 Å². The minimum absolute atomic E-state index is 0.265. The van der Waals surface area contributed by atoms with Crippen LogP contribution in [0.2, 0.25) is 0 Å². The fourth-order valence-corrected chi connectivity index (χ4v) is 2.76. The van der Waals surface area contributed by atoms with E-state index in [1.165, 1.54) is 0 Å². The number of nitrogens with zero attached hydrogens (tertiary/aromatic N) is 1. The second-order valence-electron chi connectivity index (χ2n) is 6.49. The van der Waals surface area contributed by atoms with Crippen molar-refractivity contribution in [2.24, 2.45) is 0 Å². The Balaban J connectivity index is 1.66. The second kappa shape index (κ2) is 9.38. The molecule has 1 N–H and O–H groups in total. The van der Waals surface area contributed by atoms with Crippen molar-refractivity contribution in [3.8, 4) is 17.2 Å². The van der Waals surface area contributed by atoms with Gasteiger partial charge in [-0.15, -0.1) is 0 Å².